The topological polar surface area (TPSA) is 70.9 Å². The lowest BCUT2D eigenvalue weighted by molar-refractivity contribution is 0.0955. The highest BCUT2D eigenvalue weighted by Crippen LogP contribution is 2.21. The van der Waals surface area contributed by atoms with Crippen LogP contribution in [0.5, 0.6) is 11.5 Å². The lowest BCUT2D eigenvalue weighted by Crippen LogP contribution is -2.17. The van der Waals surface area contributed by atoms with Crippen LogP contribution >= 0.6 is 11.6 Å². The minimum absolute atomic E-state index is 0.0969. The molecular formula is C21H17ClN2O3. The molecule has 3 aromatic rings. The van der Waals surface area contributed by atoms with Crippen LogP contribution in [0, 0.1) is 0 Å². The molecule has 136 valence electrons. The second-order valence-electron chi connectivity index (χ2n) is 5.66. The Morgan fingerprint density at radius 2 is 1.74 bits per heavy atom. The van der Waals surface area contributed by atoms with Crippen LogP contribution in [0.4, 0.5) is 0 Å². The number of nitrogens with zero attached hydrogens (tertiary/aromatic N) is 1. The molecule has 3 aromatic carbocycles. The highest BCUT2D eigenvalue weighted by molar-refractivity contribution is 6.31. The molecule has 0 saturated carbocycles. The summed E-state index contributed by atoms with van der Waals surface area (Å²) >= 11 is 6.15. The highest BCUT2D eigenvalue weighted by Gasteiger charge is 2.05. The average Bonchev–Trinajstić information content (AvgIpc) is 2.69. The van der Waals surface area contributed by atoms with Gasteiger partial charge in [-0.2, -0.15) is 5.10 Å². The quantitative estimate of drug-likeness (QED) is 0.492. The molecule has 0 saturated heterocycles. The standard InChI is InChI=1S/C21H17ClN2O3/c22-19-7-3-1-6-17(19)14-27-20-8-4-2-5-16(20)13-23-24-21(26)15-9-11-18(25)12-10-15/h1-13,25H,14H2,(H,24,26)/b23-13+. The van der Waals surface area contributed by atoms with Crippen LogP contribution in [-0.2, 0) is 6.61 Å². The van der Waals surface area contributed by atoms with Crippen molar-refractivity contribution in [2.24, 2.45) is 5.10 Å². The summed E-state index contributed by atoms with van der Waals surface area (Å²) in [7, 11) is 0. The Kier molecular flexibility index (Phi) is 6.07. The van der Waals surface area contributed by atoms with Crippen LogP contribution < -0.4 is 10.2 Å². The summed E-state index contributed by atoms with van der Waals surface area (Å²) in [4.78, 5) is 12.0. The van der Waals surface area contributed by atoms with Crippen molar-refractivity contribution in [3.63, 3.8) is 0 Å². The van der Waals surface area contributed by atoms with Gasteiger partial charge in [0.2, 0.25) is 0 Å². The predicted octanol–water partition coefficient (Wildman–Crippen LogP) is 4.39. The summed E-state index contributed by atoms with van der Waals surface area (Å²) in [5, 5.41) is 13.9. The van der Waals surface area contributed by atoms with Gasteiger partial charge >= 0.3 is 0 Å². The normalized spacial score (nSPS) is 10.7. The average molecular weight is 381 g/mol. The predicted molar refractivity (Wildman–Crippen MR) is 105 cm³/mol. The number of nitrogens with one attached hydrogen (secondary N) is 1. The Morgan fingerprint density at radius 3 is 2.52 bits per heavy atom. The zero-order valence-corrected chi connectivity index (χ0v) is 15.1. The van der Waals surface area contributed by atoms with E-state index in [4.69, 9.17) is 16.3 Å². The maximum Gasteiger partial charge on any atom is 0.271 e. The first-order valence-corrected chi connectivity index (χ1v) is 8.59. The molecule has 6 heteroatoms. The van der Waals surface area contributed by atoms with Gasteiger partial charge in [0, 0.05) is 21.7 Å². The molecule has 27 heavy (non-hydrogen) atoms. The summed E-state index contributed by atoms with van der Waals surface area (Å²) < 4.78 is 5.84. The van der Waals surface area contributed by atoms with Crippen LogP contribution in [-0.4, -0.2) is 17.2 Å². The van der Waals surface area contributed by atoms with E-state index in [1.54, 1.807) is 0 Å². The molecule has 3 rings (SSSR count). The lowest BCUT2D eigenvalue weighted by Gasteiger charge is -2.10. The van der Waals surface area contributed by atoms with Gasteiger partial charge in [-0.25, -0.2) is 5.43 Å². The van der Waals surface area contributed by atoms with Gasteiger partial charge in [0.05, 0.1) is 6.21 Å². The summed E-state index contributed by atoms with van der Waals surface area (Å²) in [6.07, 6.45) is 1.51. The second kappa shape index (κ2) is 8.87. The van der Waals surface area contributed by atoms with Gasteiger partial charge in [-0.15, -0.1) is 0 Å². The molecule has 0 radical (unpaired) electrons. The molecule has 5 nitrogen and oxygen atoms in total. The molecule has 0 atom stereocenters. The number of phenols is 1. The molecule has 1 amide bonds. The van der Waals surface area contributed by atoms with Crippen LogP contribution in [0.2, 0.25) is 5.02 Å². The number of amides is 1. The first-order valence-electron chi connectivity index (χ1n) is 8.21. The number of aromatic hydroxyl groups is 1. The molecule has 0 unspecified atom stereocenters. The largest absolute Gasteiger partial charge is 0.508 e. The smallest absolute Gasteiger partial charge is 0.271 e. The van der Waals surface area contributed by atoms with Crippen molar-refractivity contribution in [1.29, 1.82) is 0 Å². The number of hydrazone groups is 1. The third-order valence-corrected chi connectivity index (χ3v) is 4.13. The number of phenolic OH excluding ortho intramolecular Hbond substituents is 1. The second-order valence-corrected chi connectivity index (χ2v) is 6.07. The van der Waals surface area contributed by atoms with Gasteiger partial charge in [0.1, 0.15) is 18.1 Å². The van der Waals surface area contributed by atoms with Gasteiger partial charge in [-0.1, -0.05) is 41.9 Å². The fourth-order valence-electron chi connectivity index (χ4n) is 2.33. The zero-order chi connectivity index (χ0) is 19.1. The molecule has 0 bridgehead atoms. The number of hydrogen-bond acceptors (Lipinski definition) is 4. The number of hydrogen-bond donors (Lipinski definition) is 2. The number of para-hydroxylation sites is 1. The van der Waals surface area contributed by atoms with Crippen LogP contribution in [0.25, 0.3) is 0 Å². The molecule has 0 spiro atoms. The van der Waals surface area contributed by atoms with E-state index < -0.39 is 0 Å². The van der Waals surface area contributed by atoms with E-state index in [2.05, 4.69) is 10.5 Å². The number of carbonyl (C=O) groups is 1. The molecular weight excluding hydrogens is 364 g/mol. The third-order valence-electron chi connectivity index (χ3n) is 3.76. The van der Waals surface area contributed by atoms with Crippen molar-refractivity contribution < 1.29 is 14.6 Å². The molecule has 0 heterocycles. The zero-order valence-electron chi connectivity index (χ0n) is 14.3. The van der Waals surface area contributed by atoms with Gasteiger partial charge in [0.25, 0.3) is 5.91 Å². The molecule has 0 aliphatic heterocycles. The van der Waals surface area contributed by atoms with Crippen molar-refractivity contribution in [2.75, 3.05) is 0 Å². The molecule has 0 aromatic heterocycles. The maximum atomic E-state index is 12.0. The Morgan fingerprint density at radius 1 is 1.04 bits per heavy atom. The van der Waals surface area contributed by atoms with E-state index in [9.17, 15) is 9.90 Å². The third kappa shape index (κ3) is 5.09. The lowest BCUT2D eigenvalue weighted by atomic mass is 10.2. The monoisotopic (exact) mass is 380 g/mol. The van der Waals surface area contributed by atoms with E-state index in [0.29, 0.717) is 22.9 Å². The van der Waals surface area contributed by atoms with E-state index >= 15 is 0 Å². The minimum Gasteiger partial charge on any atom is -0.508 e. The van der Waals surface area contributed by atoms with Crippen molar-refractivity contribution >= 4 is 23.7 Å². The Hall–Kier alpha value is -3.31. The van der Waals surface area contributed by atoms with E-state index in [1.165, 1.54) is 30.5 Å². The Labute approximate surface area is 161 Å². The minimum atomic E-state index is -0.374. The van der Waals surface area contributed by atoms with Gasteiger partial charge in [-0.3, -0.25) is 4.79 Å². The summed E-state index contributed by atoms with van der Waals surface area (Å²) in [5.74, 6) is 0.348. The number of rotatable bonds is 6. The van der Waals surface area contributed by atoms with E-state index in [0.717, 1.165) is 11.1 Å². The molecule has 2 N–H and O–H groups in total. The molecule has 0 fully saturated rings. The Bertz CT molecular complexity index is 956. The van der Waals surface area contributed by atoms with Crippen molar-refractivity contribution in [3.05, 3.63) is 94.5 Å². The Balaban J connectivity index is 1.65. The number of carbonyl (C=O) groups excluding carboxylic acids is 1. The van der Waals surface area contributed by atoms with Crippen molar-refractivity contribution in [1.82, 2.24) is 5.43 Å². The van der Waals surface area contributed by atoms with E-state index in [-0.39, 0.29) is 11.7 Å². The fraction of sp³-hybridized carbons (Fsp3) is 0.0476. The maximum absolute atomic E-state index is 12.0. The van der Waals surface area contributed by atoms with Gasteiger partial charge < -0.3 is 9.84 Å². The summed E-state index contributed by atoms with van der Waals surface area (Å²) in [5.41, 5.74) is 4.44. The molecule has 0 aliphatic carbocycles. The van der Waals surface area contributed by atoms with E-state index in [1.807, 2.05) is 48.5 Å². The van der Waals surface area contributed by atoms with Gasteiger partial charge in [0.15, 0.2) is 0 Å². The fourth-order valence-corrected chi connectivity index (χ4v) is 2.52. The first-order chi connectivity index (χ1) is 13.1. The van der Waals surface area contributed by atoms with Crippen LogP contribution in [0.1, 0.15) is 21.5 Å². The summed E-state index contributed by atoms with van der Waals surface area (Å²) in [6, 6.07) is 20.7. The SMILES string of the molecule is O=C(N/N=C/c1ccccc1OCc1ccccc1Cl)c1ccc(O)cc1. The summed E-state index contributed by atoms with van der Waals surface area (Å²) in [6.45, 7) is 0.324. The van der Waals surface area contributed by atoms with Crippen molar-refractivity contribution in [2.45, 2.75) is 6.61 Å². The van der Waals surface area contributed by atoms with Crippen molar-refractivity contribution in [3.8, 4) is 11.5 Å². The highest BCUT2D eigenvalue weighted by atomic mass is 35.5. The van der Waals surface area contributed by atoms with Gasteiger partial charge in [-0.05, 0) is 42.5 Å². The number of halogens is 1. The molecule has 0 aliphatic rings. The van der Waals surface area contributed by atoms with Crippen LogP contribution in [0.15, 0.2) is 77.9 Å². The first kappa shape index (κ1) is 18.5. The number of benzene rings is 3. The van der Waals surface area contributed by atoms with Crippen LogP contribution in [0.3, 0.4) is 0 Å². The number of ether oxygens (including phenoxy) is 1.